The lowest BCUT2D eigenvalue weighted by Gasteiger charge is -2.37. The van der Waals surface area contributed by atoms with Gasteiger partial charge in [0.2, 0.25) is 5.78 Å². The first kappa shape index (κ1) is 16.8. The molecule has 0 aromatic carbocycles. The zero-order valence-electron chi connectivity index (χ0n) is 15.2. The molecule has 6 atom stereocenters. The molecule has 4 aliphatic heterocycles. The molecule has 4 heterocycles. The SMILES string of the molecule is C/C1=C/[C@H]2OC(=O)[C@@]3(C)[C@@H]2[C@H](C[C@@]2(C)OC1=CC2=O)O[C@]3(O)C(C)C. The van der Waals surface area contributed by atoms with Gasteiger partial charge in [-0.05, 0) is 32.4 Å². The Hall–Kier alpha value is -1.66. The third-order valence-electron chi connectivity index (χ3n) is 6.46. The van der Waals surface area contributed by atoms with Crippen LogP contribution in [0.5, 0.6) is 0 Å². The molecule has 1 N–H and O–H groups in total. The van der Waals surface area contributed by atoms with E-state index in [1.54, 1.807) is 13.8 Å². The molecule has 6 nitrogen and oxygen atoms in total. The average Bonchev–Trinajstić information content (AvgIpc) is 3.03. The number of allylic oxidation sites excluding steroid dienone is 1. The molecule has 136 valence electrons. The molecule has 2 fully saturated rings. The van der Waals surface area contributed by atoms with Crippen LogP contribution in [0.3, 0.4) is 0 Å². The lowest BCUT2D eigenvalue weighted by atomic mass is 9.66. The van der Waals surface area contributed by atoms with Crippen LogP contribution in [0.2, 0.25) is 0 Å². The van der Waals surface area contributed by atoms with Crippen LogP contribution >= 0.6 is 0 Å². The van der Waals surface area contributed by atoms with Crippen LogP contribution in [0, 0.1) is 17.3 Å². The van der Waals surface area contributed by atoms with Crippen molar-refractivity contribution in [3.63, 3.8) is 0 Å². The third-order valence-corrected chi connectivity index (χ3v) is 6.46. The van der Waals surface area contributed by atoms with Crippen molar-refractivity contribution in [2.45, 2.75) is 64.6 Å². The normalized spacial score (nSPS) is 50.3. The predicted molar refractivity (Wildman–Crippen MR) is 87.1 cm³/mol. The van der Waals surface area contributed by atoms with Crippen molar-refractivity contribution in [2.24, 2.45) is 17.3 Å². The molecule has 0 amide bonds. The molecule has 0 aromatic heterocycles. The number of hydrogen-bond acceptors (Lipinski definition) is 6. The highest BCUT2D eigenvalue weighted by molar-refractivity contribution is 6.00. The lowest BCUT2D eigenvalue weighted by Crippen LogP contribution is -2.52. The van der Waals surface area contributed by atoms with Crippen LogP contribution < -0.4 is 0 Å². The fourth-order valence-electron chi connectivity index (χ4n) is 4.86. The minimum atomic E-state index is -1.65. The summed E-state index contributed by atoms with van der Waals surface area (Å²) in [6, 6.07) is 0. The van der Waals surface area contributed by atoms with E-state index in [2.05, 4.69) is 0 Å². The second-order valence-corrected chi connectivity index (χ2v) is 8.37. The highest BCUT2D eigenvalue weighted by Gasteiger charge is 2.74. The number of carbonyl (C=O) groups excluding carboxylic acids is 2. The molecule has 4 aliphatic rings. The molecule has 0 saturated carbocycles. The van der Waals surface area contributed by atoms with E-state index in [-0.39, 0.29) is 24.0 Å². The van der Waals surface area contributed by atoms with Gasteiger partial charge in [-0.25, -0.2) is 0 Å². The summed E-state index contributed by atoms with van der Waals surface area (Å²) in [5.41, 5.74) is -1.50. The predicted octanol–water partition coefficient (Wildman–Crippen LogP) is 1.87. The Labute approximate surface area is 146 Å². The molecule has 0 radical (unpaired) electrons. The van der Waals surface area contributed by atoms with Crippen molar-refractivity contribution < 1.29 is 28.9 Å². The van der Waals surface area contributed by atoms with E-state index in [1.165, 1.54) is 6.08 Å². The van der Waals surface area contributed by atoms with Gasteiger partial charge in [-0.3, -0.25) is 9.59 Å². The number of ketones is 1. The minimum Gasteiger partial charge on any atom is -0.479 e. The van der Waals surface area contributed by atoms with Gasteiger partial charge >= 0.3 is 5.97 Å². The minimum absolute atomic E-state index is 0.121. The van der Waals surface area contributed by atoms with Crippen LogP contribution in [0.25, 0.3) is 0 Å². The molecule has 0 aromatic rings. The fraction of sp³-hybridized carbons (Fsp3) is 0.684. The summed E-state index contributed by atoms with van der Waals surface area (Å²) < 4.78 is 17.7. The van der Waals surface area contributed by atoms with Gasteiger partial charge in [0.15, 0.2) is 11.4 Å². The number of rotatable bonds is 1. The van der Waals surface area contributed by atoms with E-state index < -0.39 is 35.0 Å². The molecule has 2 bridgehead atoms. The van der Waals surface area contributed by atoms with E-state index in [9.17, 15) is 14.7 Å². The number of esters is 1. The summed E-state index contributed by atoms with van der Waals surface area (Å²) in [5.74, 6) is -2.41. The van der Waals surface area contributed by atoms with Crippen molar-refractivity contribution in [2.75, 3.05) is 0 Å². The Morgan fingerprint density at radius 1 is 1.28 bits per heavy atom. The van der Waals surface area contributed by atoms with Crippen molar-refractivity contribution in [3.05, 3.63) is 23.5 Å². The highest BCUT2D eigenvalue weighted by Crippen LogP contribution is 2.60. The van der Waals surface area contributed by atoms with Crippen LogP contribution in [-0.4, -0.2) is 40.5 Å². The average molecular weight is 348 g/mol. The summed E-state index contributed by atoms with van der Waals surface area (Å²) in [7, 11) is 0. The van der Waals surface area contributed by atoms with Crippen molar-refractivity contribution in [3.8, 4) is 0 Å². The number of aliphatic hydroxyl groups is 1. The van der Waals surface area contributed by atoms with E-state index >= 15 is 0 Å². The molecule has 0 spiro atoms. The maximum absolute atomic E-state index is 12.8. The van der Waals surface area contributed by atoms with Gasteiger partial charge in [0, 0.05) is 24.3 Å². The maximum atomic E-state index is 12.8. The maximum Gasteiger partial charge on any atom is 0.318 e. The highest BCUT2D eigenvalue weighted by atomic mass is 16.7. The van der Waals surface area contributed by atoms with Gasteiger partial charge in [0.25, 0.3) is 0 Å². The Morgan fingerprint density at radius 2 is 1.96 bits per heavy atom. The number of ether oxygens (including phenoxy) is 3. The molecular weight excluding hydrogens is 324 g/mol. The van der Waals surface area contributed by atoms with Gasteiger partial charge in [-0.1, -0.05) is 13.8 Å². The standard InChI is InChI=1S/C19H24O6/c1-9(2)19(22)18(5)15-12(23-16(18)21)6-10(3)11-7-14(20)17(4,24-11)8-13(15)25-19/h6-7,9,12-13,15,22H,8H2,1-5H3/b10-6-/t12-,13+,15+,17-,18-,19-/m1/s1. The summed E-state index contributed by atoms with van der Waals surface area (Å²) >= 11 is 0. The smallest absolute Gasteiger partial charge is 0.318 e. The second kappa shape index (κ2) is 4.74. The topological polar surface area (TPSA) is 82.1 Å². The Bertz CT molecular complexity index is 736. The Balaban J connectivity index is 1.89. The zero-order chi connectivity index (χ0) is 18.4. The molecule has 2 saturated heterocycles. The van der Waals surface area contributed by atoms with Gasteiger partial charge in [0.05, 0.1) is 6.10 Å². The van der Waals surface area contributed by atoms with Crippen LogP contribution in [0.15, 0.2) is 23.5 Å². The summed E-state index contributed by atoms with van der Waals surface area (Å²) in [6.07, 6.45) is 2.52. The van der Waals surface area contributed by atoms with E-state index in [4.69, 9.17) is 14.2 Å². The number of hydrogen-bond donors (Lipinski definition) is 1. The van der Waals surface area contributed by atoms with Crippen molar-refractivity contribution >= 4 is 11.8 Å². The molecule has 6 heteroatoms. The number of fused-ring (bicyclic) bond motifs is 2. The first-order valence-electron chi connectivity index (χ1n) is 8.78. The van der Waals surface area contributed by atoms with Gasteiger partial charge in [-0.2, -0.15) is 0 Å². The summed E-state index contributed by atoms with van der Waals surface area (Å²) in [6.45, 7) is 8.91. The second-order valence-electron chi connectivity index (χ2n) is 8.37. The third kappa shape index (κ3) is 1.87. The van der Waals surface area contributed by atoms with E-state index in [0.29, 0.717) is 5.76 Å². The van der Waals surface area contributed by atoms with Crippen LogP contribution in [-0.2, 0) is 23.8 Å². The van der Waals surface area contributed by atoms with Gasteiger partial charge in [0.1, 0.15) is 17.3 Å². The summed E-state index contributed by atoms with van der Waals surface area (Å²) in [5, 5.41) is 11.3. The van der Waals surface area contributed by atoms with Gasteiger partial charge in [-0.15, -0.1) is 0 Å². The molecule has 25 heavy (non-hydrogen) atoms. The van der Waals surface area contributed by atoms with Gasteiger partial charge < -0.3 is 19.3 Å². The monoisotopic (exact) mass is 348 g/mol. The largest absolute Gasteiger partial charge is 0.479 e. The fourth-order valence-corrected chi connectivity index (χ4v) is 4.86. The van der Waals surface area contributed by atoms with E-state index in [1.807, 2.05) is 26.8 Å². The molecule has 4 rings (SSSR count). The molecule has 0 unspecified atom stereocenters. The van der Waals surface area contributed by atoms with Crippen molar-refractivity contribution in [1.82, 2.24) is 0 Å². The molecular formula is C19H24O6. The van der Waals surface area contributed by atoms with E-state index in [0.717, 1.165) is 5.57 Å². The van der Waals surface area contributed by atoms with Crippen molar-refractivity contribution in [1.29, 1.82) is 0 Å². The quantitative estimate of drug-likeness (QED) is 0.729. The van der Waals surface area contributed by atoms with Crippen LogP contribution in [0.4, 0.5) is 0 Å². The Morgan fingerprint density at radius 3 is 2.60 bits per heavy atom. The summed E-state index contributed by atoms with van der Waals surface area (Å²) in [4.78, 5) is 25.3. The molecule has 0 aliphatic carbocycles. The number of carbonyl (C=O) groups is 2. The first-order valence-corrected chi connectivity index (χ1v) is 8.78. The van der Waals surface area contributed by atoms with Crippen LogP contribution in [0.1, 0.15) is 41.0 Å². The lowest BCUT2D eigenvalue weighted by molar-refractivity contribution is -0.264. The first-order chi connectivity index (χ1) is 11.5. The zero-order valence-corrected chi connectivity index (χ0v) is 15.2. The Kier molecular flexibility index (Phi) is 3.18.